The van der Waals surface area contributed by atoms with Crippen molar-refractivity contribution >= 4 is 162 Å². The molecule has 28 aromatic rings. The SMILES string of the molecule is Cc1cc(-c2nc(-c3ccccc3)c3ccc4ccccc4c3n2)c(C)c(-n2c3ccccc3c3ccccc32)c1.c1ccc(-c2ccc(-n3c4ccccc4c4ccccc43)cc2-c2nc(-c3ccccc3)c3ccc4ccccc4c3n2)cc1.c1ccc(-c2nc(-c3cc(-c4cccc5c4sc4ccccc45)cc(-n4c5ccccc5c5ccccc54)c3)nc3c2ccc2ccccc23)cc1. The molecule has 0 amide bonds. The molecule has 0 unspecified atom stereocenters. The molecule has 10 heteroatoms. The third kappa shape index (κ3) is 13.8. The van der Waals surface area contributed by atoms with Crippen LogP contribution in [0.4, 0.5) is 0 Å². The molecular formula is C128H83N9S. The number of hydrogen-bond donors (Lipinski definition) is 0. The second-order valence-corrected chi connectivity index (χ2v) is 36.6. The summed E-state index contributed by atoms with van der Waals surface area (Å²) in [6.45, 7) is 4.36. The largest absolute Gasteiger partial charge is 0.309 e. The summed E-state index contributed by atoms with van der Waals surface area (Å²) in [6, 6.07) is 166. The topological polar surface area (TPSA) is 92.1 Å². The third-order valence-corrected chi connectivity index (χ3v) is 28.6. The van der Waals surface area contributed by atoms with Crippen molar-refractivity contribution in [2.45, 2.75) is 13.8 Å². The molecular weight excluding hydrogens is 1700 g/mol. The number of nitrogens with zero attached hydrogens (tertiary/aromatic N) is 9. The molecule has 0 spiro atoms. The number of fused-ring (bicyclic) bond motifs is 21. The number of rotatable bonds is 11. The molecule has 28 rings (SSSR count). The van der Waals surface area contributed by atoms with Crippen LogP contribution >= 0.6 is 11.3 Å². The average Bonchev–Trinajstić information content (AvgIpc) is 1.62. The number of thiophene rings is 1. The maximum absolute atomic E-state index is 5.42. The summed E-state index contributed by atoms with van der Waals surface area (Å²) < 4.78 is 9.73. The van der Waals surface area contributed by atoms with Gasteiger partial charge in [0.1, 0.15) is 0 Å². The molecule has 0 atom stereocenters. The first-order chi connectivity index (χ1) is 68.3. The van der Waals surface area contributed by atoms with E-state index in [4.69, 9.17) is 29.9 Å². The first-order valence-corrected chi connectivity index (χ1v) is 47.7. The molecule has 0 aliphatic rings. The van der Waals surface area contributed by atoms with Crippen molar-refractivity contribution in [3.05, 3.63) is 478 Å². The minimum atomic E-state index is 0.704. The molecule has 0 radical (unpaired) electrons. The van der Waals surface area contributed by atoms with Gasteiger partial charge in [-0.25, -0.2) is 29.9 Å². The van der Waals surface area contributed by atoms with E-state index in [0.717, 1.165) is 155 Å². The molecule has 646 valence electrons. The van der Waals surface area contributed by atoms with Crippen LogP contribution in [-0.4, -0.2) is 43.6 Å². The Hall–Kier alpha value is -18.0. The fraction of sp³-hybridized carbons (Fsp3) is 0.0156. The van der Waals surface area contributed by atoms with Crippen LogP contribution in [0.25, 0.3) is 258 Å². The van der Waals surface area contributed by atoms with Gasteiger partial charge in [-0.2, -0.15) is 0 Å². The molecule has 0 saturated heterocycles. The molecule has 0 saturated carbocycles. The number of benzene rings is 21. The molecule has 9 nitrogen and oxygen atoms in total. The van der Waals surface area contributed by atoms with Crippen LogP contribution in [0.15, 0.2) is 467 Å². The second-order valence-electron chi connectivity index (χ2n) is 35.5. The lowest BCUT2D eigenvalue weighted by Gasteiger charge is -2.17. The van der Waals surface area contributed by atoms with E-state index in [-0.39, 0.29) is 0 Å². The fourth-order valence-electron chi connectivity index (χ4n) is 21.0. The van der Waals surface area contributed by atoms with E-state index in [1.807, 2.05) is 23.5 Å². The summed E-state index contributed by atoms with van der Waals surface area (Å²) in [4.78, 5) is 32.1. The normalized spacial score (nSPS) is 11.7. The quantitative estimate of drug-likeness (QED) is 0.120. The van der Waals surface area contributed by atoms with Crippen molar-refractivity contribution in [3.8, 4) is 107 Å². The first kappa shape index (κ1) is 80.9. The lowest BCUT2D eigenvalue weighted by molar-refractivity contribution is 1.13. The Bertz CT molecular complexity index is 9600. The summed E-state index contributed by atoms with van der Waals surface area (Å²) in [5, 5.41) is 20.1. The number of aromatic nitrogens is 9. The van der Waals surface area contributed by atoms with Gasteiger partial charge in [0.25, 0.3) is 0 Å². The molecule has 7 heterocycles. The maximum Gasteiger partial charge on any atom is 0.161 e. The Labute approximate surface area is 799 Å². The van der Waals surface area contributed by atoms with Gasteiger partial charge in [0, 0.05) is 130 Å². The van der Waals surface area contributed by atoms with Crippen LogP contribution in [0.5, 0.6) is 0 Å². The Kier molecular flexibility index (Phi) is 19.7. The average molecular weight is 1780 g/mol. The Morgan fingerprint density at radius 1 is 0.196 bits per heavy atom. The van der Waals surface area contributed by atoms with E-state index in [0.29, 0.717) is 11.6 Å². The van der Waals surface area contributed by atoms with Gasteiger partial charge in [-0.05, 0) is 167 Å². The number of aryl methyl sites for hydroxylation is 1. The molecule has 0 aliphatic carbocycles. The van der Waals surface area contributed by atoms with Gasteiger partial charge in [0.15, 0.2) is 17.5 Å². The van der Waals surface area contributed by atoms with Gasteiger partial charge >= 0.3 is 0 Å². The predicted octanol–water partition coefficient (Wildman–Crippen LogP) is 34.0. The van der Waals surface area contributed by atoms with Gasteiger partial charge in [-0.3, -0.25) is 0 Å². The van der Waals surface area contributed by atoms with Crippen molar-refractivity contribution in [1.29, 1.82) is 0 Å². The van der Waals surface area contributed by atoms with Crippen molar-refractivity contribution in [2.75, 3.05) is 0 Å². The van der Waals surface area contributed by atoms with Crippen LogP contribution in [-0.2, 0) is 0 Å². The molecule has 21 aromatic carbocycles. The fourth-order valence-corrected chi connectivity index (χ4v) is 22.3. The summed E-state index contributed by atoms with van der Waals surface area (Å²) in [6.07, 6.45) is 0. The Morgan fingerprint density at radius 3 is 1.01 bits per heavy atom. The van der Waals surface area contributed by atoms with Crippen LogP contribution in [0.2, 0.25) is 0 Å². The minimum Gasteiger partial charge on any atom is -0.309 e. The highest BCUT2D eigenvalue weighted by Gasteiger charge is 2.26. The third-order valence-electron chi connectivity index (χ3n) is 27.4. The highest BCUT2D eigenvalue weighted by atomic mass is 32.1. The highest BCUT2D eigenvalue weighted by Crippen LogP contribution is 2.47. The Morgan fingerprint density at radius 2 is 0.551 bits per heavy atom. The number of para-hydroxylation sites is 6. The van der Waals surface area contributed by atoms with Crippen LogP contribution in [0.1, 0.15) is 11.1 Å². The van der Waals surface area contributed by atoms with Gasteiger partial charge in [0.2, 0.25) is 0 Å². The van der Waals surface area contributed by atoms with E-state index >= 15 is 0 Å². The van der Waals surface area contributed by atoms with Gasteiger partial charge < -0.3 is 13.7 Å². The van der Waals surface area contributed by atoms with Crippen molar-refractivity contribution in [1.82, 2.24) is 43.6 Å². The van der Waals surface area contributed by atoms with Crippen LogP contribution in [0, 0.1) is 13.8 Å². The van der Waals surface area contributed by atoms with Gasteiger partial charge in [-0.1, -0.05) is 364 Å². The lowest BCUT2D eigenvalue weighted by Crippen LogP contribution is -2.02. The van der Waals surface area contributed by atoms with E-state index < -0.39 is 0 Å². The van der Waals surface area contributed by atoms with Crippen LogP contribution in [0.3, 0.4) is 0 Å². The minimum absolute atomic E-state index is 0.704. The highest BCUT2D eigenvalue weighted by molar-refractivity contribution is 7.26. The lowest BCUT2D eigenvalue weighted by atomic mass is 9.97. The number of hydrogen-bond acceptors (Lipinski definition) is 7. The summed E-state index contributed by atoms with van der Waals surface area (Å²) >= 11 is 1.86. The molecule has 0 fully saturated rings. The van der Waals surface area contributed by atoms with Crippen molar-refractivity contribution in [3.63, 3.8) is 0 Å². The molecule has 0 N–H and O–H groups in total. The zero-order chi connectivity index (χ0) is 91.4. The smallest absolute Gasteiger partial charge is 0.161 e. The summed E-state index contributed by atoms with van der Waals surface area (Å²) in [7, 11) is 0. The monoisotopic (exact) mass is 1780 g/mol. The van der Waals surface area contributed by atoms with E-state index in [1.54, 1.807) is 0 Å². The van der Waals surface area contributed by atoms with E-state index in [9.17, 15) is 0 Å². The van der Waals surface area contributed by atoms with Crippen molar-refractivity contribution < 1.29 is 0 Å². The Balaban J connectivity index is 0.000000108. The van der Waals surface area contributed by atoms with Crippen LogP contribution < -0.4 is 0 Å². The maximum atomic E-state index is 5.42. The molecule has 0 bridgehead atoms. The molecule has 7 aromatic heterocycles. The first-order valence-electron chi connectivity index (χ1n) is 46.9. The van der Waals surface area contributed by atoms with Gasteiger partial charge in [-0.15, -0.1) is 11.3 Å². The molecule has 138 heavy (non-hydrogen) atoms. The van der Waals surface area contributed by atoms with E-state index in [1.165, 1.54) is 102 Å². The van der Waals surface area contributed by atoms with Gasteiger partial charge in [0.05, 0.1) is 72.4 Å². The standard InChI is InChI=1S/C48H29N3S.C42H27N3.C38H27N3/c1-2-14-31(15-3-1)45-41-26-25-30-13-4-5-16-35(30)46(41)50-48(49-45)33-27-32(36-20-12-21-40-39-19-8-11-24-44(39)52-47(36)40)28-34(29-33)51-42-22-9-6-17-37(42)38-18-7-10-23-43(38)51;1-3-13-28(14-4-1)32-26-24-31(45-38-21-11-9-19-34(38)35-20-10-12-22-39(35)45)27-37(32)42-43-40(30-16-5-2-6-17-30)36-25-23-29-15-7-8-18-33(29)41(36)44-42;1-24-22-32(25(2)35(23-24)41-33-18-10-8-16-29(33)30-17-9-11-19-34(30)41)38-39-36(27-13-4-3-5-14-27)31-21-20-26-12-6-7-15-28(26)37(31)40-38/h1-29H;1-27H;3-23H,1-2H3. The molecule has 0 aliphatic heterocycles. The summed E-state index contributed by atoms with van der Waals surface area (Å²) in [5.74, 6) is 2.16. The zero-order valence-electron chi connectivity index (χ0n) is 75.4. The predicted molar refractivity (Wildman–Crippen MR) is 580 cm³/mol. The second kappa shape index (κ2) is 33.6. The summed E-state index contributed by atoms with van der Waals surface area (Å²) in [5.41, 5.74) is 29.2. The van der Waals surface area contributed by atoms with E-state index in [2.05, 4.69) is 483 Å². The van der Waals surface area contributed by atoms with Crippen molar-refractivity contribution in [2.24, 2.45) is 0 Å². The zero-order valence-corrected chi connectivity index (χ0v) is 76.2.